The lowest BCUT2D eigenvalue weighted by Crippen LogP contribution is -2.46. The maximum absolute atomic E-state index is 12.1. The molecule has 2 aromatic rings. The number of nitrogens with zero attached hydrogens (tertiary/aromatic N) is 3. The fourth-order valence-electron chi connectivity index (χ4n) is 3.27. The van der Waals surface area contributed by atoms with Gasteiger partial charge in [0.05, 0.1) is 5.52 Å². The summed E-state index contributed by atoms with van der Waals surface area (Å²) in [6.45, 7) is 13.3. The van der Waals surface area contributed by atoms with Crippen molar-refractivity contribution in [3.8, 4) is 0 Å². The van der Waals surface area contributed by atoms with E-state index in [2.05, 4.69) is 35.0 Å². The van der Waals surface area contributed by atoms with Crippen molar-refractivity contribution in [2.45, 2.75) is 27.7 Å². The highest BCUT2D eigenvalue weighted by atomic mass is 16.1. The molecule has 0 saturated carbocycles. The first kappa shape index (κ1) is 18.4. The number of benzene rings is 1. The Morgan fingerprint density at radius 2 is 1.96 bits per heavy atom. The highest BCUT2D eigenvalue weighted by molar-refractivity contribution is 6.04. The number of hydrogen-bond acceptors (Lipinski definition) is 4. The minimum absolute atomic E-state index is 0.0668. The van der Waals surface area contributed by atoms with Gasteiger partial charge in [0.1, 0.15) is 5.82 Å². The van der Waals surface area contributed by atoms with Crippen LogP contribution in [0.5, 0.6) is 0 Å². The normalized spacial score (nSPS) is 16.2. The highest BCUT2D eigenvalue weighted by Gasteiger charge is 2.18. The molecule has 2 heterocycles. The quantitative estimate of drug-likeness (QED) is 0.855. The van der Waals surface area contributed by atoms with E-state index in [1.54, 1.807) is 0 Å². The molecule has 0 unspecified atom stereocenters. The zero-order chi connectivity index (χ0) is 18.7. The van der Waals surface area contributed by atoms with Crippen molar-refractivity contribution in [3.63, 3.8) is 0 Å². The van der Waals surface area contributed by atoms with Gasteiger partial charge in [-0.3, -0.25) is 4.79 Å². The van der Waals surface area contributed by atoms with Crippen LogP contribution < -0.4 is 10.2 Å². The molecule has 138 valence electrons. The molecular formula is C21H28N4O. The number of nitrogens with one attached hydrogen (secondary N) is 1. The van der Waals surface area contributed by atoms with E-state index in [1.165, 1.54) is 5.56 Å². The summed E-state index contributed by atoms with van der Waals surface area (Å²) >= 11 is 0. The summed E-state index contributed by atoms with van der Waals surface area (Å²) in [4.78, 5) is 21.8. The standard InChI is InChI=1S/C21H28N4O/c1-5-15(3)21(26)22-17-7-8-19-18(14-17)16(4)13-20(23-19)25-11-9-24(6-2)10-12-25/h5,7-8,13-14H,6,9-12H2,1-4H3,(H,22,26)/b15-5+. The predicted molar refractivity (Wildman–Crippen MR) is 109 cm³/mol. The van der Waals surface area contributed by atoms with Gasteiger partial charge >= 0.3 is 0 Å². The molecule has 1 N–H and O–H groups in total. The number of allylic oxidation sites excluding steroid dienone is 1. The fourth-order valence-corrected chi connectivity index (χ4v) is 3.27. The number of aryl methyl sites for hydroxylation is 1. The average Bonchev–Trinajstić information content (AvgIpc) is 2.67. The Bertz CT molecular complexity index is 835. The van der Waals surface area contributed by atoms with Crippen LogP contribution in [0, 0.1) is 6.92 Å². The third kappa shape index (κ3) is 3.88. The summed E-state index contributed by atoms with van der Waals surface area (Å²) in [5, 5.41) is 4.03. The van der Waals surface area contributed by atoms with Crippen molar-refractivity contribution >= 4 is 28.3 Å². The number of rotatable bonds is 4. The number of carbonyl (C=O) groups excluding carboxylic acids is 1. The molecule has 26 heavy (non-hydrogen) atoms. The number of amides is 1. The first-order valence-corrected chi connectivity index (χ1v) is 9.34. The number of pyridine rings is 1. The van der Waals surface area contributed by atoms with Crippen LogP contribution in [0.2, 0.25) is 0 Å². The zero-order valence-corrected chi connectivity index (χ0v) is 16.2. The van der Waals surface area contributed by atoms with Gasteiger partial charge in [-0.05, 0) is 57.1 Å². The summed E-state index contributed by atoms with van der Waals surface area (Å²) in [5.74, 6) is 0.982. The lowest BCUT2D eigenvalue weighted by atomic mass is 10.1. The number of hydrogen-bond donors (Lipinski definition) is 1. The van der Waals surface area contributed by atoms with Gasteiger partial charge in [0.25, 0.3) is 5.91 Å². The lowest BCUT2D eigenvalue weighted by Gasteiger charge is -2.35. The van der Waals surface area contributed by atoms with Crippen LogP contribution in [0.3, 0.4) is 0 Å². The average molecular weight is 352 g/mol. The minimum atomic E-state index is -0.0668. The lowest BCUT2D eigenvalue weighted by molar-refractivity contribution is -0.112. The van der Waals surface area contributed by atoms with E-state index < -0.39 is 0 Å². The molecule has 1 aromatic carbocycles. The Morgan fingerprint density at radius 3 is 2.62 bits per heavy atom. The first-order chi connectivity index (χ1) is 12.5. The Balaban J connectivity index is 1.84. The molecular weight excluding hydrogens is 324 g/mol. The second-order valence-electron chi connectivity index (χ2n) is 6.88. The number of fused-ring (bicyclic) bond motifs is 1. The highest BCUT2D eigenvalue weighted by Crippen LogP contribution is 2.26. The summed E-state index contributed by atoms with van der Waals surface area (Å²) in [7, 11) is 0. The number of likely N-dealkylation sites (N-methyl/N-ethyl adjacent to an activating group) is 1. The van der Waals surface area contributed by atoms with Gasteiger partial charge < -0.3 is 15.1 Å². The van der Waals surface area contributed by atoms with Crippen molar-refractivity contribution in [1.82, 2.24) is 9.88 Å². The van der Waals surface area contributed by atoms with E-state index in [0.29, 0.717) is 5.57 Å². The largest absolute Gasteiger partial charge is 0.354 e. The predicted octanol–water partition coefficient (Wildman–Crippen LogP) is 3.59. The van der Waals surface area contributed by atoms with E-state index in [1.807, 2.05) is 38.1 Å². The van der Waals surface area contributed by atoms with E-state index in [4.69, 9.17) is 4.98 Å². The number of anilines is 2. The maximum Gasteiger partial charge on any atom is 0.250 e. The Hall–Kier alpha value is -2.40. The van der Waals surface area contributed by atoms with Crippen LogP contribution in [-0.2, 0) is 4.79 Å². The molecule has 1 aliphatic heterocycles. The van der Waals surface area contributed by atoms with Crippen LogP contribution >= 0.6 is 0 Å². The SMILES string of the molecule is C/C=C(\C)C(=O)Nc1ccc2nc(N3CCN(CC)CC3)cc(C)c2c1. The van der Waals surface area contributed by atoms with E-state index in [0.717, 1.165) is 55.1 Å². The van der Waals surface area contributed by atoms with Crippen molar-refractivity contribution < 1.29 is 4.79 Å². The van der Waals surface area contributed by atoms with Gasteiger partial charge in [0, 0.05) is 42.8 Å². The van der Waals surface area contributed by atoms with Gasteiger partial charge in [-0.1, -0.05) is 13.0 Å². The third-order valence-corrected chi connectivity index (χ3v) is 5.19. The van der Waals surface area contributed by atoms with Gasteiger partial charge in [-0.25, -0.2) is 4.98 Å². The van der Waals surface area contributed by atoms with Crippen LogP contribution in [0.25, 0.3) is 10.9 Å². The molecule has 0 atom stereocenters. The molecule has 1 saturated heterocycles. The van der Waals surface area contributed by atoms with Gasteiger partial charge in [-0.15, -0.1) is 0 Å². The Kier molecular flexibility index (Phi) is 5.57. The number of piperazine rings is 1. The molecule has 3 rings (SSSR count). The van der Waals surface area contributed by atoms with E-state index >= 15 is 0 Å². The topological polar surface area (TPSA) is 48.5 Å². The van der Waals surface area contributed by atoms with Crippen LogP contribution in [0.1, 0.15) is 26.3 Å². The van der Waals surface area contributed by atoms with Crippen molar-refractivity contribution in [3.05, 3.63) is 41.5 Å². The monoisotopic (exact) mass is 352 g/mol. The number of aromatic nitrogens is 1. The Morgan fingerprint density at radius 1 is 1.23 bits per heavy atom. The summed E-state index contributed by atoms with van der Waals surface area (Å²) in [6, 6.07) is 8.09. The van der Waals surface area contributed by atoms with E-state index in [-0.39, 0.29) is 5.91 Å². The zero-order valence-electron chi connectivity index (χ0n) is 16.2. The van der Waals surface area contributed by atoms with Crippen LogP contribution in [0.4, 0.5) is 11.5 Å². The molecule has 1 aromatic heterocycles. The minimum Gasteiger partial charge on any atom is -0.354 e. The van der Waals surface area contributed by atoms with Crippen LogP contribution in [-0.4, -0.2) is 48.5 Å². The number of carbonyl (C=O) groups is 1. The summed E-state index contributed by atoms with van der Waals surface area (Å²) in [5.41, 5.74) is 3.67. The Labute approximate surface area is 155 Å². The first-order valence-electron chi connectivity index (χ1n) is 9.34. The molecule has 5 heteroatoms. The van der Waals surface area contributed by atoms with Gasteiger partial charge in [0.2, 0.25) is 0 Å². The molecule has 1 aliphatic rings. The summed E-state index contributed by atoms with van der Waals surface area (Å²) in [6.07, 6.45) is 1.81. The molecule has 1 fully saturated rings. The smallest absolute Gasteiger partial charge is 0.250 e. The maximum atomic E-state index is 12.1. The second kappa shape index (κ2) is 7.87. The molecule has 0 spiro atoms. The molecule has 0 radical (unpaired) electrons. The third-order valence-electron chi connectivity index (χ3n) is 5.19. The second-order valence-corrected chi connectivity index (χ2v) is 6.88. The molecule has 1 amide bonds. The van der Waals surface area contributed by atoms with Crippen molar-refractivity contribution in [1.29, 1.82) is 0 Å². The van der Waals surface area contributed by atoms with Crippen molar-refractivity contribution in [2.75, 3.05) is 42.9 Å². The van der Waals surface area contributed by atoms with E-state index in [9.17, 15) is 4.79 Å². The van der Waals surface area contributed by atoms with Gasteiger partial charge in [0.15, 0.2) is 0 Å². The van der Waals surface area contributed by atoms with Crippen molar-refractivity contribution in [2.24, 2.45) is 0 Å². The summed E-state index contributed by atoms with van der Waals surface area (Å²) < 4.78 is 0. The van der Waals surface area contributed by atoms with Crippen LogP contribution in [0.15, 0.2) is 35.9 Å². The van der Waals surface area contributed by atoms with Gasteiger partial charge in [-0.2, -0.15) is 0 Å². The molecule has 5 nitrogen and oxygen atoms in total. The fraction of sp³-hybridized carbons (Fsp3) is 0.429. The molecule has 0 aliphatic carbocycles. The molecule has 0 bridgehead atoms.